The van der Waals surface area contributed by atoms with Crippen molar-refractivity contribution in [1.82, 2.24) is 0 Å². The Balaban J connectivity index is 2.09. The Morgan fingerprint density at radius 3 is 2.92 bits per heavy atom. The zero-order valence-electron chi connectivity index (χ0n) is 7.26. The lowest BCUT2D eigenvalue weighted by Gasteiger charge is -2.22. The van der Waals surface area contributed by atoms with Crippen LogP contribution in [-0.4, -0.2) is 17.6 Å². The highest BCUT2D eigenvalue weighted by molar-refractivity contribution is 6.21. The molecular formula is C10H15ClO. The van der Waals surface area contributed by atoms with Crippen LogP contribution in [-0.2, 0) is 4.74 Å². The van der Waals surface area contributed by atoms with Crippen molar-refractivity contribution >= 4 is 11.6 Å². The molecule has 0 aromatic rings. The fourth-order valence-electron chi connectivity index (χ4n) is 2.10. The summed E-state index contributed by atoms with van der Waals surface area (Å²) in [6.45, 7) is 0.928. The Hall–Kier alpha value is -0.0100. The van der Waals surface area contributed by atoms with Gasteiger partial charge in [-0.05, 0) is 32.1 Å². The third-order valence-electron chi connectivity index (χ3n) is 2.82. The molecule has 0 radical (unpaired) electrons. The van der Waals surface area contributed by atoms with Gasteiger partial charge in [0, 0.05) is 6.61 Å². The first-order valence-corrected chi connectivity index (χ1v) is 5.22. The van der Waals surface area contributed by atoms with Gasteiger partial charge in [0.1, 0.15) is 0 Å². The maximum Gasteiger partial charge on any atom is 0.0863 e. The van der Waals surface area contributed by atoms with E-state index in [1.807, 2.05) is 0 Å². The molecule has 2 atom stereocenters. The van der Waals surface area contributed by atoms with Crippen LogP contribution in [0.2, 0.25) is 0 Å². The molecule has 0 bridgehead atoms. The van der Waals surface area contributed by atoms with E-state index in [9.17, 15) is 0 Å². The van der Waals surface area contributed by atoms with Crippen molar-refractivity contribution in [2.45, 2.75) is 43.1 Å². The first-order valence-electron chi connectivity index (χ1n) is 4.78. The Labute approximate surface area is 78.7 Å². The molecule has 1 aliphatic heterocycles. The number of hydrogen-bond donors (Lipinski definition) is 0. The van der Waals surface area contributed by atoms with Crippen LogP contribution >= 0.6 is 11.6 Å². The average molecular weight is 187 g/mol. The third kappa shape index (κ3) is 1.67. The summed E-state index contributed by atoms with van der Waals surface area (Å²) in [5, 5.41) is 0.230. The number of rotatable bonds is 0. The zero-order valence-corrected chi connectivity index (χ0v) is 8.02. The van der Waals surface area contributed by atoms with Crippen molar-refractivity contribution in [1.29, 1.82) is 0 Å². The zero-order chi connectivity index (χ0) is 8.44. The molecule has 1 spiro atoms. The fraction of sp³-hybridized carbons (Fsp3) is 0.800. The summed E-state index contributed by atoms with van der Waals surface area (Å²) >= 11 is 6.04. The van der Waals surface area contributed by atoms with Crippen molar-refractivity contribution in [3.63, 3.8) is 0 Å². The lowest BCUT2D eigenvalue weighted by Crippen LogP contribution is -2.23. The first-order chi connectivity index (χ1) is 5.81. The molecule has 0 N–H and O–H groups in total. The van der Waals surface area contributed by atoms with Gasteiger partial charge in [0.2, 0.25) is 0 Å². The minimum absolute atomic E-state index is 0.0731. The van der Waals surface area contributed by atoms with Gasteiger partial charge in [0.15, 0.2) is 0 Å². The van der Waals surface area contributed by atoms with E-state index in [0.29, 0.717) is 0 Å². The van der Waals surface area contributed by atoms with Crippen LogP contribution in [0, 0.1) is 0 Å². The standard InChI is InChI=1S/C10H15ClO/c11-9-3-1-5-10(7-4-9)6-2-8-12-10/h4,7,9H,1-3,5-6,8H2/t9-,10-/m0/s1. The Kier molecular flexibility index (Phi) is 2.42. The summed E-state index contributed by atoms with van der Waals surface area (Å²) < 4.78 is 5.76. The quantitative estimate of drug-likeness (QED) is 0.418. The molecule has 1 saturated heterocycles. The molecule has 1 heterocycles. The van der Waals surface area contributed by atoms with Crippen LogP contribution in [0.5, 0.6) is 0 Å². The molecule has 2 rings (SSSR count). The first kappa shape index (κ1) is 8.58. The van der Waals surface area contributed by atoms with Crippen molar-refractivity contribution in [3.8, 4) is 0 Å². The van der Waals surface area contributed by atoms with Crippen LogP contribution in [0.1, 0.15) is 32.1 Å². The number of ether oxygens (including phenoxy) is 1. The van der Waals surface area contributed by atoms with Crippen molar-refractivity contribution in [3.05, 3.63) is 12.2 Å². The fourth-order valence-corrected chi connectivity index (χ4v) is 2.33. The van der Waals surface area contributed by atoms with Gasteiger partial charge in [0.25, 0.3) is 0 Å². The van der Waals surface area contributed by atoms with Crippen molar-refractivity contribution in [2.75, 3.05) is 6.61 Å². The minimum Gasteiger partial charge on any atom is -0.371 e. The Bertz CT molecular complexity index is 182. The van der Waals surface area contributed by atoms with Gasteiger partial charge in [-0.15, -0.1) is 11.6 Å². The lowest BCUT2D eigenvalue weighted by molar-refractivity contribution is 0.0378. The maximum absolute atomic E-state index is 6.04. The molecule has 0 aromatic heterocycles. The van der Waals surface area contributed by atoms with E-state index in [-0.39, 0.29) is 11.0 Å². The molecule has 2 heteroatoms. The SMILES string of the molecule is Cl[C@@H]1C=C[C@@]2(CCCO2)CCC1. The highest BCUT2D eigenvalue weighted by Crippen LogP contribution is 2.35. The maximum atomic E-state index is 6.04. The number of halogens is 1. The molecule has 1 fully saturated rings. The molecule has 12 heavy (non-hydrogen) atoms. The topological polar surface area (TPSA) is 9.23 Å². The molecular weight excluding hydrogens is 172 g/mol. The molecule has 2 aliphatic rings. The summed E-state index contributed by atoms with van der Waals surface area (Å²) in [7, 11) is 0. The van der Waals surface area contributed by atoms with E-state index >= 15 is 0 Å². The summed E-state index contributed by atoms with van der Waals surface area (Å²) in [5.74, 6) is 0. The average Bonchev–Trinajstić information content (AvgIpc) is 2.42. The van der Waals surface area contributed by atoms with E-state index in [0.717, 1.165) is 19.4 Å². The summed E-state index contributed by atoms with van der Waals surface area (Å²) in [6, 6.07) is 0. The van der Waals surface area contributed by atoms with Crippen LogP contribution in [0.3, 0.4) is 0 Å². The van der Waals surface area contributed by atoms with Gasteiger partial charge < -0.3 is 4.74 Å². The second-order valence-electron chi connectivity index (χ2n) is 3.78. The largest absolute Gasteiger partial charge is 0.371 e. The van der Waals surface area contributed by atoms with Crippen molar-refractivity contribution in [2.24, 2.45) is 0 Å². The predicted molar refractivity (Wildman–Crippen MR) is 50.5 cm³/mol. The Morgan fingerprint density at radius 1 is 1.33 bits per heavy atom. The van der Waals surface area contributed by atoms with Gasteiger partial charge in [-0.2, -0.15) is 0 Å². The van der Waals surface area contributed by atoms with Gasteiger partial charge in [-0.25, -0.2) is 0 Å². The van der Waals surface area contributed by atoms with E-state index in [1.165, 1.54) is 19.3 Å². The smallest absolute Gasteiger partial charge is 0.0863 e. The lowest BCUT2D eigenvalue weighted by atomic mass is 9.95. The molecule has 68 valence electrons. The summed E-state index contributed by atoms with van der Waals surface area (Å²) in [6.07, 6.45) is 10.2. The van der Waals surface area contributed by atoms with Gasteiger partial charge in [-0.1, -0.05) is 12.2 Å². The van der Waals surface area contributed by atoms with Crippen LogP contribution in [0.25, 0.3) is 0 Å². The highest BCUT2D eigenvalue weighted by Gasteiger charge is 2.33. The number of allylic oxidation sites excluding steroid dienone is 1. The van der Waals surface area contributed by atoms with Crippen LogP contribution in [0.4, 0.5) is 0 Å². The van der Waals surface area contributed by atoms with Crippen LogP contribution < -0.4 is 0 Å². The normalized spacial score (nSPS) is 41.9. The molecule has 0 aromatic carbocycles. The Morgan fingerprint density at radius 2 is 2.17 bits per heavy atom. The van der Waals surface area contributed by atoms with E-state index in [1.54, 1.807) is 0 Å². The third-order valence-corrected chi connectivity index (χ3v) is 3.19. The second kappa shape index (κ2) is 3.39. The van der Waals surface area contributed by atoms with E-state index in [2.05, 4.69) is 12.2 Å². The molecule has 1 aliphatic carbocycles. The number of hydrogen-bond acceptors (Lipinski definition) is 1. The molecule has 0 amide bonds. The second-order valence-corrected chi connectivity index (χ2v) is 4.34. The molecule has 1 nitrogen and oxygen atoms in total. The van der Waals surface area contributed by atoms with E-state index in [4.69, 9.17) is 16.3 Å². The number of alkyl halides is 1. The van der Waals surface area contributed by atoms with Crippen LogP contribution in [0.15, 0.2) is 12.2 Å². The van der Waals surface area contributed by atoms with Crippen molar-refractivity contribution < 1.29 is 4.74 Å². The molecule has 0 saturated carbocycles. The van der Waals surface area contributed by atoms with Gasteiger partial charge in [-0.3, -0.25) is 0 Å². The predicted octanol–water partition coefficient (Wildman–Crippen LogP) is 2.88. The summed E-state index contributed by atoms with van der Waals surface area (Å²) in [5.41, 5.74) is 0.0731. The minimum atomic E-state index is 0.0731. The highest BCUT2D eigenvalue weighted by atomic mass is 35.5. The van der Waals surface area contributed by atoms with Gasteiger partial charge in [0.05, 0.1) is 11.0 Å². The van der Waals surface area contributed by atoms with E-state index < -0.39 is 0 Å². The summed E-state index contributed by atoms with van der Waals surface area (Å²) in [4.78, 5) is 0. The molecule has 0 unspecified atom stereocenters. The monoisotopic (exact) mass is 186 g/mol. The van der Waals surface area contributed by atoms with Gasteiger partial charge >= 0.3 is 0 Å².